The molecule has 5 heteroatoms. The number of carbonyl (C=O) groups is 1. The lowest BCUT2D eigenvalue weighted by molar-refractivity contribution is -0.116. The van der Waals surface area contributed by atoms with E-state index < -0.39 is 0 Å². The van der Waals surface area contributed by atoms with Gasteiger partial charge in [-0.05, 0) is 83.0 Å². The van der Waals surface area contributed by atoms with Crippen molar-refractivity contribution in [3.8, 4) is 5.75 Å². The molecule has 0 atom stereocenters. The molecule has 1 amide bonds. The van der Waals surface area contributed by atoms with Crippen LogP contribution in [-0.2, 0) is 9.53 Å². The minimum atomic E-state index is -0.0573. The quantitative estimate of drug-likeness (QED) is 0.295. The van der Waals surface area contributed by atoms with Crippen molar-refractivity contribution >= 4 is 11.6 Å². The first-order valence-corrected chi connectivity index (χ1v) is 13.2. The van der Waals surface area contributed by atoms with E-state index >= 15 is 0 Å². The predicted molar refractivity (Wildman–Crippen MR) is 156 cm³/mol. The van der Waals surface area contributed by atoms with Crippen LogP contribution in [0.15, 0.2) is 72.5 Å². The molecular formula is C31H50N2O3. The van der Waals surface area contributed by atoms with E-state index in [1.54, 1.807) is 18.2 Å². The SMILES string of the molecule is CC.CCCN(C(C)C)C(C)C.COc1ccc(N(/C=C\COCC2=CC=CC=CC2)C(C)=O)cc1. The summed E-state index contributed by atoms with van der Waals surface area (Å²) in [4.78, 5) is 15.9. The van der Waals surface area contributed by atoms with Crippen molar-refractivity contribution in [2.75, 3.05) is 31.8 Å². The summed E-state index contributed by atoms with van der Waals surface area (Å²) in [5, 5.41) is 0. The van der Waals surface area contributed by atoms with E-state index in [0.717, 1.165) is 17.9 Å². The molecule has 0 aliphatic heterocycles. The Labute approximate surface area is 221 Å². The molecule has 0 aromatic heterocycles. The van der Waals surface area contributed by atoms with E-state index in [2.05, 4.69) is 51.7 Å². The van der Waals surface area contributed by atoms with Crippen LogP contribution in [0.5, 0.6) is 5.75 Å². The standard InChI is InChI=1S/C20H23NO3.C9H21N.C2H6/c1-17(22)21(19-10-12-20(23-2)13-11-19)14-7-15-24-16-18-8-5-3-4-6-9-18;1-6-7-10(8(2)3)9(4)5;1-2/h3-8,10-14H,9,15-16H2,1-2H3;8-9H,6-7H2,1-5H3;1-2H3/b14-7-;;. The molecule has 0 bridgehead atoms. The Morgan fingerprint density at radius 1 is 1.03 bits per heavy atom. The van der Waals surface area contributed by atoms with Crippen LogP contribution in [0.1, 0.15) is 68.2 Å². The van der Waals surface area contributed by atoms with Gasteiger partial charge >= 0.3 is 0 Å². The largest absolute Gasteiger partial charge is 0.497 e. The average Bonchev–Trinajstić information content (AvgIpc) is 3.15. The molecule has 36 heavy (non-hydrogen) atoms. The highest BCUT2D eigenvalue weighted by Gasteiger charge is 2.10. The Kier molecular flexibility index (Phi) is 19.0. The summed E-state index contributed by atoms with van der Waals surface area (Å²) in [6, 6.07) is 8.74. The zero-order valence-electron chi connectivity index (χ0n) is 24.2. The molecule has 1 aromatic carbocycles. The molecule has 1 aliphatic rings. The maximum Gasteiger partial charge on any atom is 0.227 e. The highest BCUT2D eigenvalue weighted by molar-refractivity contribution is 5.93. The van der Waals surface area contributed by atoms with E-state index in [-0.39, 0.29) is 5.91 Å². The predicted octanol–water partition coefficient (Wildman–Crippen LogP) is 7.56. The fourth-order valence-electron chi connectivity index (χ4n) is 3.62. The molecule has 0 saturated carbocycles. The number of hydrogen-bond acceptors (Lipinski definition) is 4. The zero-order chi connectivity index (χ0) is 27.3. The Balaban J connectivity index is 0.000000861. The monoisotopic (exact) mass is 498 g/mol. The number of amides is 1. The maximum absolute atomic E-state index is 11.8. The normalized spacial score (nSPS) is 12.6. The number of hydrogen-bond donors (Lipinski definition) is 0. The summed E-state index contributed by atoms with van der Waals surface area (Å²) >= 11 is 0. The Hall–Kier alpha value is -2.63. The fourth-order valence-corrected chi connectivity index (χ4v) is 3.62. The molecule has 0 unspecified atom stereocenters. The molecule has 1 aromatic rings. The first kappa shape index (κ1) is 33.4. The molecule has 0 saturated heterocycles. The third kappa shape index (κ3) is 14.1. The highest BCUT2D eigenvalue weighted by Crippen LogP contribution is 2.19. The van der Waals surface area contributed by atoms with E-state index in [1.807, 2.05) is 62.4 Å². The van der Waals surface area contributed by atoms with Gasteiger partial charge in [0.05, 0.1) is 20.3 Å². The van der Waals surface area contributed by atoms with Gasteiger partial charge in [0.15, 0.2) is 0 Å². The average molecular weight is 499 g/mol. The van der Waals surface area contributed by atoms with E-state index in [1.165, 1.54) is 25.5 Å². The smallest absolute Gasteiger partial charge is 0.227 e. The summed E-state index contributed by atoms with van der Waals surface area (Å²) in [5.74, 6) is 0.701. The Morgan fingerprint density at radius 3 is 2.17 bits per heavy atom. The van der Waals surface area contributed by atoms with Gasteiger partial charge in [0.2, 0.25) is 5.91 Å². The maximum atomic E-state index is 11.8. The molecule has 1 aliphatic carbocycles. The summed E-state index contributed by atoms with van der Waals surface area (Å²) in [5.41, 5.74) is 2.02. The number of ether oxygens (including phenoxy) is 2. The van der Waals surface area contributed by atoms with Crippen molar-refractivity contribution in [1.29, 1.82) is 0 Å². The van der Waals surface area contributed by atoms with Crippen LogP contribution >= 0.6 is 0 Å². The lowest BCUT2D eigenvalue weighted by Gasteiger charge is -2.29. The van der Waals surface area contributed by atoms with Crippen molar-refractivity contribution in [3.05, 3.63) is 72.5 Å². The second-order valence-corrected chi connectivity index (χ2v) is 8.75. The number of methoxy groups -OCH3 is 1. The number of benzene rings is 1. The van der Waals surface area contributed by atoms with Gasteiger partial charge in [0.1, 0.15) is 5.75 Å². The van der Waals surface area contributed by atoms with Crippen LogP contribution in [0.25, 0.3) is 0 Å². The van der Waals surface area contributed by atoms with Gasteiger partial charge in [0.25, 0.3) is 0 Å². The van der Waals surface area contributed by atoms with Gasteiger partial charge in [-0.2, -0.15) is 0 Å². The Bertz CT molecular complexity index is 813. The minimum Gasteiger partial charge on any atom is -0.497 e. The molecule has 0 fully saturated rings. The molecule has 0 radical (unpaired) electrons. The third-order valence-electron chi connectivity index (χ3n) is 5.32. The summed E-state index contributed by atoms with van der Waals surface area (Å²) in [6.07, 6.45) is 16.0. The lowest BCUT2D eigenvalue weighted by Crippen LogP contribution is -2.37. The molecule has 2 rings (SSSR count). The first-order chi connectivity index (χ1) is 17.3. The van der Waals surface area contributed by atoms with Crippen molar-refractivity contribution in [2.45, 2.75) is 80.3 Å². The Morgan fingerprint density at radius 2 is 1.67 bits per heavy atom. The topological polar surface area (TPSA) is 42.0 Å². The van der Waals surface area contributed by atoms with Crippen LogP contribution in [0.3, 0.4) is 0 Å². The number of allylic oxidation sites excluding steroid dienone is 5. The fraction of sp³-hybridized carbons (Fsp3) is 0.516. The number of carbonyl (C=O) groups excluding carboxylic acids is 1. The van der Waals surface area contributed by atoms with E-state index in [4.69, 9.17) is 9.47 Å². The lowest BCUT2D eigenvalue weighted by atomic mass is 10.2. The molecule has 5 nitrogen and oxygen atoms in total. The second-order valence-electron chi connectivity index (χ2n) is 8.75. The van der Waals surface area contributed by atoms with Gasteiger partial charge < -0.3 is 9.47 Å². The first-order valence-electron chi connectivity index (χ1n) is 13.2. The molecular weight excluding hydrogens is 448 g/mol. The molecule has 0 spiro atoms. The van der Waals surface area contributed by atoms with E-state index in [0.29, 0.717) is 25.3 Å². The zero-order valence-corrected chi connectivity index (χ0v) is 24.2. The third-order valence-corrected chi connectivity index (χ3v) is 5.32. The van der Waals surface area contributed by atoms with Gasteiger partial charge in [-0.1, -0.05) is 51.2 Å². The second kappa shape index (κ2) is 20.6. The van der Waals surface area contributed by atoms with Crippen molar-refractivity contribution in [2.24, 2.45) is 0 Å². The van der Waals surface area contributed by atoms with Gasteiger partial charge in [-0.3, -0.25) is 14.6 Å². The van der Waals surface area contributed by atoms with E-state index in [9.17, 15) is 4.79 Å². The van der Waals surface area contributed by atoms with Gasteiger partial charge in [-0.15, -0.1) is 0 Å². The molecule has 0 heterocycles. The summed E-state index contributed by atoms with van der Waals surface area (Å²) < 4.78 is 10.8. The number of rotatable bonds is 11. The highest BCUT2D eigenvalue weighted by atomic mass is 16.5. The van der Waals surface area contributed by atoms with Gasteiger partial charge in [0, 0.05) is 30.9 Å². The molecule has 202 valence electrons. The number of nitrogens with zero attached hydrogens (tertiary/aromatic N) is 2. The van der Waals surface area contributed by atoms with Crippen molar-refractivity contribution in [1.82, 2.24) is 4.90 Å². The van der Waals surface area contributed by atoms with Gasteiger partial charge in [-0.25, -0.2) is 0 Å². The van der Waals surface area contributed by atoms with Crippen LogP contribution in [0.2, 0.25) is 0 Å². The van der Waals surface area contributed by atoms with Crippen LogP contribution in [-0.4, -0.2) is 49.8 Å². The summed E-state index contributed by atoms with van der Waals surface area (Å²) in [6.45, 7) is 19.1. The molecule has 0 N–H and O–H groups in total. The van der Waals surface area contributed by atoms with Crippen LogP contribution < -0.4 is 9.64 Å². The summed E-state index contributed by atoms with van der Waals surface area (Å²) in [7, 11) is 1.62. The van der Waals surface area contributed by atoms with Crippen LogP contribution in [0.4, 0.5) is 5.69 Å². The van der Waals surface area contributed by atoms with Crippen molar-refractivity contribution in [3.63, 3.8) is 0 Å². The minimum absolute atomic E-state index is 0.0573. The number of anilines is 1. The van der Waals surface area contributed by atoms with Crippen molar-refractivity contribution < 1.29 is 14.3 Å². The van der Waals surface area contributed by atoms with Crippen LogP contribution in [0, 0.1) is 0 Å².